The number of β-amino-alcohol motifs (C(OH)–C–C–N with tert-alkyl or cyclic N) is 1. The van der Waals surface area contributed by atoms with Crippen LogP contribution >= 0.6 is 0 Å². The van der Waals surface area contributed by atoms with Crippen molar-refractivity contribution in [3.05, 3.63) is 83.6 Å². The van der Waals surface area contributed by atoms with Crippen molar-refractivity contribution in [2.24, 2.45) is 5.16 Å². The largest absolute Gasteiger partial charge is 0.444 e. The lowest BCUT2D eigenvalue weighted by Crippen LogP contribution is -2.55. The number of carbonyl (C=O) groups excluding carboxylic acids is 1. The molecule has 0 radical (unpaired) electrons. The van der Waals surface area contributed by atoms with E-state index in [-0.39, 0.29) is 17.9 Å². The number of nitrogens with zero attached hydrogens (tertiary/aromatic N) is 3. The molecule has 8 nitrogen and oxygen atoms in total. The van der Waals surface area contributed by atoms with Gasteiger partial charge in [-0.15, -0.1) is 0 Å². The number of pyridine rings is 1. The van der Waals surface area contributed by atoms with Gasteiger partial charge in [0.25, 0.3) is 0 Å². The van der Waals surface area contributed by atoms with Gasteiger partial charge < -0.3 is 25.3 Å². The zero-order valence-electron chi connectivity index (χ0n) is 24.4. The fourth-order valence-electron chi connectivity index (χ4n) is 5.53. The van der Waals surface area contributed by atoms with Crippen molar-refractivity contribution < 1.29 is 28.6 Å². The number of ether oxygens (including phenoxy) is 1. The Kier molecular flexibility index (Phi) is 8.32. The topological polar surface area (TPSA) is 107 Å². The van der Waals surface area contributed by atoms with Gasteiger partial charge in [0.1, 0.15) is 17.2 Å². The van der Waals surface area contributed by atoms with Crippen molar-refractivity contribution in [1.82, 2.24) is 10.3 Å². The Labute approximate surface area is 248 Å². The summed E-state index contributed by atoms with van der Waals surface area (Å²) in [4.78, 5) is 19.1. The van der Waals surface area contributed by atoms with Crippen LogP contribution in [-0.2, 0) is 4.74 Å². The number of benzene rings is 3. The summed E-state index contributed by atoms with van der Waals surface area (Å²) in [6.07, 6.45) is 1.64. The molecule has 1 saturated heterocycles. The number of carbonyl (C=O) groups is 1. The molecular formula is C33H34F2N4O4. The Hall–Kier alpha value is -4.57. The van der Waals surface area contributed by atoms with Gasteiger partial charge in [-0.25, -0.2) is 13.6 Å². The number of oxime groups is 1. The van der Waals surface area contributed by atoms with E-state index in [1.54, 1.807) is 45.2 Å². The Balaban J connectivity index is 1.62. The minimum absolute atomic E-state index is 0.125. The van der Waals surface area contributed by atoms with Crippen molar-refractivity contribution >= 4 is 28.9 Å². The lowest BCUT2D eigenvalue weighted by Gasteiger charge is -2.39. The molecule has 2 heterocycles. The lowest BCUT2D eigenvalue weighted by molar-refractivity contribution is 0.0402. The summed E-state index contributed by atoms with van der Waals surface area (Å²) in [7, 11) is 0. The van der Waals surface area contributed by atoms with Crippen LogP contribution in [0.15, 0.2) is 65.9 Å². The van der Waals surface area contributed by atoms with E-state index in [2.05, 4.69) is 15.5 Å². The summed E-state index contributed by atoms with van der Waals surface area (Å²) in [5.41, 5.74) is 4.00. The third-order valence-corrected chi connectivity index (χ3v) is 7.34. The van der Waals surface area contributed by atoms with Gasteiger partial charge in [0.05, 0.1) is 29.6 Å². The van der Waals surface area contributed by atoms with E-state index in [0.29, 0.717) is 46.1 Å². The molecule has 10 heteroatoms. The van der Waals surface area contributed by atoms with E-state index in [1.165, 1.54) is 18.2 Å². The van der Waals surface area contributed by atoms with E-state index in [0.717, 1.165) is 17.5 Å². The Morgan fingerprint density at radius 3 is 2.60 bits per heavy atom. The van der Waals surface area contributed by atoms with Crippen LogP contribution in [0.25, 0.3) is 33.2 Å². The maximum atomic E-state index is 14.7. The standard InChI is InChI=1S/C33H34F2N4O4/c1-19-12-21(14-22(34)13-19)25-16-36-28-9-8-20(23-6-5-7-27(35)26(23)17-37-42)15-24(28)31(25)39-11-10-29(30(40)18-39)38-32(41)43-33(2,3)4/h5-9,12-17,29-30,40,42H,10-11,18H2,1-4H3,(H,38,41)/t29-,30+/m0/s1. The third kappa shape index (κ3) is 6.59. The monoisotopic (exact) mass is 588 g/mol. The molecule has 2 atom stereocenters. The second-order valence-electron chi connectivity index (χ2n) is 11.8. The molecule has 0 unspecified atom stereocenters. The van der Waals surface area contributed by atoms with Crippen molar-refractivity contribution in [1.29, 1.82) is 0 Å². The molecular weight excluding hydrogens is 554 g/mol. The van der Waals surface area contributed by atoms with Gasteiger partial charge in [-0.1, -0.05) is 29.4 Å². The molecule has 3 N–H and O–H groups in total. The Morgan fingerprint density at radius 1 is 1.12 bits per heavy atom. The summed E-state index contributed by atoms with van der Waals surface area (Å²) in [6.45, 7) is 7.76. The molecule has 1 aliphatic rings. The number of rotatable bonds is 5. The van der Waals surface area contributed by atoms with E-state index in [1.807, 2.05) is 30.0 Å². The van der Waals surface area contributed by atoms with E-state index in [9.17, 15) is 18.7 Å². The molecule has 1 amide bonds. The van der Waals surface area contributed by atoms with Crippen LogP contribution in [0.1, 0.15) is 38.3 Å². The molecule has 43 heavy (non-hydrogen) atoms. The third-order valence-electron chi connectivity index (χ3n) is 7.34. The van der Waals surface area contributed by atoms with E-state index in [4.69, 9.17) is 9.94 Å². The SMILES string of the molecule is Cc1cc(F)cc(-c2cnc3ccc(-c4cccc(F)c4C=NO)cc3c2N2CC[C@H](NC(=O)OC(C)(C)C)[C@H](O)C2)c1. The fourth-order valence-corrected chi connectivity index (χ4v) is 5.53. The van der Waals surface area contributed by atoms with E-state index >= 15 is 0 Å². The fraction of sp³-hybridized carbons (Fsp3) is 0.303. The summed E-state index contributed by atoms with van der Waals surface area (Å²) in [5.74, 6) is -0.928. The summed E-state index contributed by atoms with van der Waals surface area (Å²) >= 11 is 0. The van der Waals surface area contributed by atoms with Crippen molar-refractivity contribution in [2.45, 2.75) is 51.9 Å². The number of nitrogens with one attached hydrogen (secondary N) is 1. The number of hydrogen-bond acceptors (Lipinski definition) is 7. The number of aliphatic hydroxyl groups is 1. The second-order valence-corrected chi connectivity index (χ2v) is 11.8. The van der Waals surface area contributed by atoms with Crippen LogP contribution < -0.4 is 10.2 Å². The first kappa shape index (κ1) is 29.9. The van der Waals surface area contributed by atoms with Crippen LogP contribution in [-0.4, -0.2) is 58.4 Å². The number of aryl methyl sites for hydroxylation is 1. The zero-order chi connectivity index (χ0) is 30.9. The molecule has 5 rings (SSSR count). The van der Waals surface area contributed by atoms with Crippen LogP contribution in [0.2, 0.25) is 0 Å². The quantitative estimate of drug-likeness (QED) is 0.141. The Morgan fingerprint density at radius 2 is 1.91 bits per heavy atom. The lowest BCUT2D eigenvalue weighted by atomic mass is 9.93. The number of aromatic nitrogens is 1. The molecule has 1 aromatic heterocycles. The molecule has 4 aromatic rings. The molecule has 3 aromatic carbocycles. The second kappa shape index (κ2) is 12.0. The van der Waals surface area contributed by atoms with Crippen LogP contribution in [0.3, 0.4) is 0 Å². The molecule has 1 fully saturated rings. The highest BCUT2D eigenvalue weighted by molar-refractivity contribution is 6.03. The molecule has 0 bridgehead atoms. The van der Waals surface area contributed by atoms with Crippen LogP contribution in [0, 0.1) is 18.6 Å². The number of alkyl carbamates (subject to hydrolysis) is 1. The number of halogens is 2. The summed E-state index contributed by atoms with van der Waals surface area (Å²) in [5, 5.41) is 26.9. The molecule has 1 aliphatic heterocycles. The van der Waals surface area contributed by atoms with Crippen molar-refractivity contribution in [3.8, 4) is 22.3 Å². The minimum Gasteiger partial charge on any atom is -0.444 e. The summed E-state index contributed by atoms with van der Waals surface area (Å²) in [6, 6.07) is 14.3. The van der Waals surface area contributed by atoms with Gasteiger partial charge in [0, 0.05) is 35.8 Å². The van der Waals surface area contributed by atoms with Gasteiger partial charge >= 0.3 is 6.09 Å². The maximum absolute atomic E-state index is 14.7. The first-order chi connectivity index (χ1) is 20.4. The molecule has 0 spiro atoms. The smallest absolute Gasteiger partial charge is 0.407 e. The van der Waals surface area contributed by atoms with Crippen LogP contribution in [0.4, 0.5) is 19.3 Å². The predicted octanol–water partition coefficient (Wildman–Crippen LogP) is 6.43. The molecule has 224 valence electrons. The molecule has 0 saturated carbocycles. The number of amides is 1. The van der Waals surface area contributed by atoms with Gasteiger partial charge in [-0.3, -0.25) is 4.98 Å². The van der Waals surface area contributed by atoms with Crippen molar-refractivity contribution in [3.63, 3.8) is 0 Å². The number of aliphatic hydroxyl groups excluding tert-OH is 1. The average molecular weight is 589 g/mol. The molecule has 0 aliphatic carbocycles. The first-order valence-corrected chi connectivity index (χ1v) is 14.0. The highest BCUT2D eigenvalue weighted by Gasteiger charge is 2.32. The number of piperidine rings is 1. The summed E-state index contributed by atoms with van der Waals surface area (Å²) < 4.78 is 34.7. The number of fused-ring (bicyclic) bond motifs is 1. The van der Waals surface area contributed by atoms with Crippen LogP contribution in [0.5, 0.6) is 0 Å². The highest BCUT2D eigenvalue weighted by atomic mass is 19.1. The average Bonchev–Trinajstić information content (AvgIpc) is 2.93. The van der Waals surface area contributed by atoms with Gasteiger partial charge in [0.15, 0.2) is 0 Å². The van der Waals surface area contributed by atoms with E-state index < -0.39 is 29.7 Å². The predicted molar refractivity (Wildman–Crippen MR) is 163 cm³/mol. The normalized spacial score (nSPS) is 17.4. The van der Waals surface area contributed by atoms with Gasteiger partial charge in [-0.05, 0) is 86.7 Å². The number of hydrogen-bond donors (Lipinski definition) is 3. The maximum Gasteiger partial charge on any atom is 0.407 e. The Bertz CT molecular complexity index is 1680. The zero-order valence-corrected chi connectivity index (χ0v) is 24.4. The number of anilines is 1. The van der Waals surface area contributed by atoms with Crippen molar-refractivity contribution in [2.75, 3.05) is 18.0 Å². The first-order valence-electron chi connectivity index (χ1n) is 14.0. The minimum atomic E-state index is -0.926. The highest BCUT2D eigenvalue weighted by Crippen LogP contribution is 2.40. The van der Waals surface area contributed by atoms with Gasteiger partial charge in [-0.2, -0.15) is 0 Å². The van der Waals surface area contributed by atoms with Gasteiger partial charge in [0.2, 0.25) is 0 Å².